The normalized spacial score (nSPS) is 20.1. The average molecular weight is 221 g/mol. The molecule has 1 heterocycles. The molecule has 0 amide bonds. The molecule has 0 radical (unpaired) electrons. The third-order valence-corrected chi connectivity index (χ3v) is 3.36. The summed E-state index contributed by atoms with van der Waals surface area (Å²) in [7, 11) is 0. The van der Waals surface area contributed by atoms with E-state index in [0.29, 0.717) is 6.42 Å². The number of aromatic nitrogens is 1. The van der Waals surface area contributed by atoms with E-state index in [1.807, 2.05) is 17.7 Å². The maximum atomic E-state index is 11.5. The van der Waals surface area contributed by atoms with Crippen LogP contribution in [0.15, 0.2) is 23.2 Å². The van der Waals surface area contributed by atoms with Gasteiger partial charge in [0.15, 0.2) is 5.78 Å². The lowest BCUT2D eigenvalue weighted by Crippen LogP contribution is -2.22. The van der Waals surface area contributed by atoms with E-state index >= 15 is 0 Å². The minimum absolute atomic E-state index is 0.123. The van der Waals surface area contributed by atoms with Crippen LogP contribution in [0.25, 0.3) is 0 Å². The van der Waals surface area contributed by atoms with Gasteiger partial charge < -0.3 is 0 Å². The maximum Gasteiger partial charge on any atom is 0.156 e. The van der Waals surface area contributed by atoms with Gasteiger partial charge in [-0.05, 0) is 17.9 Å². The van der Waals surface area contributed by atoms with E-state index in [9.17, 15) is 4.79 Å². The molecule has 15 heavy (non-hydrogen) atoms. The molecule has 0 unspecified atom stereocenters. The molecule has 1 aromatic rings. The monoisotopic (exact) mass is 221 g/mol. The largest absolute Gasteiger partial charge is 0.295 e. The number of carbonyl (C=O) groups excluding carboxylic acids is 1. The number of ketones is 1. The Morgan fingerprint density at radius 3 is 2.87 bits per heavy atom. The SMILES string of the molecule is CC1(C)CC(=O)C=C(Cc2nccs2)C1. The van der Waals surface area contributed by atoms with E-state index in [-0.39, 0.29) is 11.2 Å². The third kappa shape index (κ3) is 2.75. The second-order valence-corrected chi connectivity index (χ2v) is 5.87. The Hall–Kier alpha value is -0.960. The molecule has 0 atom stereocenters. The van der Waals surface area contributed by atoms with Gasteiger partial charge in [0.25, 0.3) is 0 Å². The van der Waals surface area contributed by atoms with Gasteiger partial charge >= 0.3 is 0 Å². The van der Waals surface area contributed by atoms with Crippen molar-refractivity contribution in [1.29, 1.82) is 0 Å². The zero-order valence-electron chi connectivity index (χ0n) is 9.12. The fourth-order valence-corrected chi connectivity index (χ4v) is 2.80. The van der Waals surface area contributed by atoms with Crippen molar-refractivity contribution in [2.45, 2.75) is 33.1 Å². The van der Waals surface area contributed by atoms with Gasteiger partial charge in [0, 0.05) is 24.4 Å². The molecule has 1 aliphatic rings. The molecule has 2 rings (SSSR count). The Bertz CT molecular complexity index is 390. The van der Waals surface area contributed by atoms with Gasteiger partial charge in [-0.1, -0.05) is 19.4 Å². The van der Waals surface area contributed by atoms with Gasteiger partial charge in [0.05, 0.1) is 5.01 Å². The standard InChI is InChI=1S/C12H15NOS/c1-12(2)7-9(5-10(14)8-12)6-11-13-3-4-15-11/h3-5H,6-8H2,1-2H3. The fraction of sp³-hybridized carbons (Fsp3) is 0.500. The highest BCUT2D eigenvalue weighted by Gasteiger charge is 2.27. The first kappa shape index (κ1) is 10.6. The lowest BCUT2D eigenvalue weighted by molar-refractivity contribution is -0.117. The van der Waals surface area contributed by atoms with E-state index in [4.69, 9.17) is 0 Å². The highest BCUT2D eigenvalue weighted by molar-refractivity contribution is 7.09. The summed E-state index contributed by atoms with van der Waals surface area (Å²) in [5, 5.41) is 3.08. The Morgan fingerprint density at radius 2 is 2.27 bits per heavy atom. The van der Waals surface area contributed by atoms with E-state index in [1.54, 1.807) is 11.3 Å². The van der Waals surface area contributed by atoms with Gasteiger partial charge in [-0.15, -0.1) is 11.3 Å². The van der Waals surface area contributed by atoms with Crippen molar-refractivity contribution in [2.24, 2.45) is 5.41 Å². The first-order valence-corrected chi connectivity index (χ1v) is 6.04. The molecule has 3 heteroatoms. The number of nitrogens with zero attached hydrogens (tertiary/aromatic N) is 1. The summed E-state index contributed by atoms with van der Waals surface area (Å²) in [6.07, 6.45) is 6.16. The number of carbonyl (C=O) groups is 1. The topological polar surface area (TPSA) is 30.0 Å². The van der Waals surface area contributed by atoms with Crippen molar-refractivity contribution in [3.05, 3.63) is 28.2 Å². The zero-order valence-corrected chi connectivity index (χ0v) is 9.93. The Labute approximate surface area is 94.0 Å². The molecular formula is C12H15NOS. The van der Waals surface area contributed by atoms with Crippen LogP contribution in [0.3, 0.4) is 0 Å². The van der Waals surface area contributed by atoms with Crippen molar-refractivity contribution in [3.8, 4) is 0 Å². The van der Waals surface area contributed by atoms with Crippen LogP contribution in [0, 0.1) is 5.41 Å². The molecule has 0 fully saturated rings. The number of hydrogen-bond acceptors (Lipinski definition) is 3. The first-order valence-electron chi connectivity index (χ1n) is 5.16. The first-order chi connectivity index (χ1) is 7.05. The molecule has 1 aromatic heterocycles. The third-order valence-electron chi connectivity index (χ3n) is 2.59. The highest BCUT2D eigenvalue weighted by Crippen LogP contribution is 2.34. The van der Waals surface area contributed by atoms with Crippen LogP contribution in [0.2, 0.25) is 0 Å². The molecule has 0 saturated carbocycles. The summed E-state index contributed by atoms with van der Waals surface area (Å²) in [6.45, 7) is 4.31. The number of rotatable bonds is 2. The van der Waals surface area contributed by atoms with Crippen LogP contribution in [-0.2, 0) is 11.2 Å². The molecule has 80 valence electrons. The molecule has 0 bridgehead atoms. The van der Waals surface area contributed by atoms with Crippen LogP contribution >= 0.6 is 11.3 Å². The van der Waals surface area contributed by atoms with E-state index in [2.05, 4.69) is 18.8 Å². The second kappa shape index (κ2) is 3.89. The molecule has 0 saturated heterocycles. The van der Waals surface area contributed by atoms with Crippen molar-refractivity contribution in [2.75, 3.05) is 0 Å². The molecule has 0 aliphatic heterocycles. The number of allylic oxidation sites excluding steroid dienone is 2. The van der Waals surface area contributed by atoms with Crippen LogP contribution in [0.4, 0.5) is 0 Å². The molecule has 2 nitrogen and oxygen atoms in total. The van der Waals surface area contributed by atoms with Crippen LogP contribution in [0.1, 0.15) is 31.7 Å². The summed E-state index contributed by atoms with van der Waals surface area (Å²) in [5.74, 6) is 0.262. The fourth-order valence-electron chi connectivity index (χ4n) is 2.13. The van der Waals surface area contributed by atoms with Gasteiger partial charge in [0.1, 0.15) is 0 Å². The summed E-state index contributed by atoms with van der Waals surface area (Å²) in [5.41, 5.74) is 1.35. The van der Waals surface area contributed by atoms with E-state index in [0.717, 1.165) is 17.8 Å². The lowest BCUT2D eigenvalue weighted by atomic mass is 9.76. The van der Waals surface area contributed by atoms with Gasteiger partial charge in [-0.3, -0.25) is 4.79 Å². The molecule has 1 aliphatic carbocycles. The van der Waals surface area contributed by atoms with Gasteiger partial charge in [0.2, 0.25) is 0 Å². The second-order valence-electron chi connectivity index (χ2n) is 4.89. The van der Waals surface area contributed by atoms with Gasteiger partial charge in [-0.2, -0.15) is 0 Å². The molecular weight excluding hydrogens is 206 g/mol. The predicted octanol–water partition coefficient (Wildman–Crippen LogP) is 3.00. The summed E-state index contributed by atoms with van der Waals surface area (Å²) >= 11 is 1.65. The van der Waals surface area contributed by atoms with E-state index in [1.165, 1.54) is 5.57 Å². The van der Waals surface area contributed by atoms with Gasteiger partial charge in [-0.25, -0.2) is 4.98 Å². The van der Waals surface area contributed by atoms with Crippen LogP contribution in [0.5, 0.6) is 0 Å². The Kier molecular flexibility index (Phi) is 2.74. The minimum atomic E-state index is 0.123. The minimum Gasteiger partial charge on any atom is -0.295 e. The van der Waals surface area contributed by atoms with E-state index < -0.39 is 0 Å². The smallest absolute Gasteiger partial charge is 0.156 e. The molecule has 0 spiro atoms. The van der Waals surface area contributed by atoms with Crippen molar-refractivity contribution in [1.82, 2.24) is 4.98 Å². The summed E-state index contributed by atoms with van der Waals surface area (Å²) in [6, 6.07) is 0. The Morgan fingerprint density at radius 1 is 1.47 bits per heavy atom. The molecule has 0 aromatic carbocycles. The zero-order chi connectivity index (χ0) is 10.9. The van der Waals surface area contributed by atoms with Crippen molar-refractivity contribution < 1.29 is 4.79 Å². The van der Waals surface area contributed by atoms with Crippen LogP contribution < -0.4 is 0 Å². The number of thiazole rings is 1. The summed E-state index contributed by atoms with van der Waals surface area (Å²) in [4.78, 5) is 15.8. The maximum absolute atomic E-state index is 11.5. The predicted molar refractivity (Wildman–Crippen MR) is 61.9 cm³/mol. The van der Waals surface area contributed by atoms with Crippen LogP contribution in [-0.4, -0.2) is 10.8 Å². The Balaban J connectivity index is 2.13. The summed E-state index contributed by atoms with van der Waals surface area (Å²) < 4.78 is 0. The quantitative estimate of drug-likeness (QED) is 0.768. The average Bonchev–Trinajstić information content (AvgIpc) is 2.52. The molecule has 0 N–H and O–H groups in total. The lowest BCUT2D eigenvalue weighted by Gasteiger charge is -2.28. The van der Waals surface area contributed by atoms with Crippen molar-refractivity contribution >= 4 is 17.1 Å². The van der Waals surface area contributed by atoms with Crippen molar-refractivity contribution in [3.63, 3.8) is 0 Å². The highest BCUT2D eigenvalue weighted by atomic mass is 32.1. The number of hydrogen-bond donors (Lipinski definition) is 0.